The molecule has 1 N–H and O–H groups in total. The molecule has 0 aliphatic rings. The quantitative estimate of drug-likeness (QED) is 0.806. The van der Waals surface area contributed by atoms with Crippen molar-refractivity contribution in [1.82, 2.24) is 0 Å². The number of benzene rings is 1. The van der Waals surface area contributed by atoms with Crippen LogP contribution in [0.15, 0.2) is 28.7 Å². The van der Waals surface area contributed by atoms with Crippen molar-refractivity contribution in [2.75, 3.05) is 5.48 Å². The summed E-state index contributed by atoms with van der Waals surface area (Å²) >= 11 is 3.43. The molecule has 0 radical (unpaired) electrons. The molecule has 3 heteroatoms. The summed E-state index contributed by atoms with van der Waals surface area (Å²) in [5.41, 5.74) is 3.99. The van der Waals surface area contributed by atoms with Crippen LogP contribution in [0, 0.1) is 11.8 Å². The SMILES string of the molecule is CC(C)C(ONc1cccc(Br)c1)C(C)C. The molecule has 0 saturated carbocycles. The minimum Gasteiger partial charge on any atom is -0.272 e. The van der Waals surface area contributed by atoms with Crippen molar-refractivity contribution in [3.8, 4) is 0 Å². The topological polar surface area (TPSA) is 21.3 Å². The molecule has 0 fully saturated rings. The Hall–Kier alpha value is -0.540. The number of hydrogen-bond acceptors (Lipinski definition) is 2. The van der Waals surface area contributed by atoms with E-state index in [0.717, 1.165) is 10.2 Å². The lowest BCUT2D eigenvalue weighted by atomic mass is 9.97. The van der Waals surface area contributed by atoms with Crippen LogP contribution < -0.4 is 5.48 Å². The van der Waals surface area contributed by atoms with Crippen molar-refractivity contribution in [2.45, 2.75) is 33.8 Å². The van der Waals surface area contributed by atoms with E-state index in [2.05, 4.69) is 49.1 Å². The molecule has 0 bridgehead atoms. The zero-order valence-corrected chi connectivity index (χ0v) is 11.9. The Labute approximate surface area is 106 Å². The largest absolute Gasteiger partial charge is 0.272 e. The Morgan fingerprint density at radius 1 is 1.12 bits per heavy atom. The molecule has 1 aromatic carbocycles. The summed E-state index contributed by atoms with van der Waals surface area (Å²) in [6, 6.07) is 7.96. The summed E-state index contributed by atoms with van der Waals surface area (Å²) in [6.45, 7) is 8.70. The molecule has 0 aliphatic carbocycles. The summed E-state index contributed by atoms with van der Waals surface area (Å²) in [5.74, 6) is 0.999. The fourth-order valence-electron chi connectivity index (χ4n) is 1.73. The lowest BCUT2D eigenvalue weighted by Gasteiger charge is -2.25. The second-order valence-corrected chi connectivity index (χ2v) is 5.60. The third-order valence-electron chi connectivity index (χ3n) is 2.45. The Balaban J connectivity index is 2.55. The minimum atomic E-state index is 0.221. The van der Waals surface area contributed by atoms with E-state index in [9.17, 15) is 0 Å². The molecular weight excluding hydrogens is 266 g/mol. The maximum Gasteiger partial charge on any atom is 0.0899 e. The predicted octanol–water partition coefficient (Wildman–Crippen LogP) is 4.47. The molecule has 0 amide bonds. The average molecular weight is 286 g/mol. The fourth-order valence-corrected chi connectivity index (χ4v) is 2.13. The molecule has 1 rings (SSSR count). The van der Waals surface area contributed by atoms with E-state index in [1.54, 1.807) is 0 Å². The van der Waals surface area contributed by atoms with Gasteiger partial charge in [-0.3, -0.25) is 10.3 Å². The molecule has 2 nitrogen and oxygen atoms in total. The second kappa shape index (κ2) is 6.26. The van der Waals surface area contributed by atoms with Gasteiger partial charge in [0.1, 0.15) is 0 Å². The van der Waals surface area contributed by atoms with E-state index in [-0.39, 0.29) is 6.10 Å². The van der Waals surface area contributed by atoms with E-state index < -0.39 is 0 Å². The van der Waals surface area contributed by atoms with Gasteiger partial charge in [0, 0.05) is 4.47 Å². The smallest absolute Gasteiger partial charge is 0.0899 e. The molecule has 0 aliphatic heterocycles. The van der Waals surface area contributed by atoms with Gasteiger partial charge in [-0.2, -0.15) is 0 Å². The van der Waals surface area contributed by atoms with Gasteiger partial charge in [0.15, 0.2) is 0 Å². The third kappa shape index (κ3) is 4.14. The highest BCUT2D eigenvalue weighted by atomic mass is 79.9. The maximum atomic E-state index is 5.74. The molecule has 0 saturated heterocycles. The van der Waals surface area contributed by atoms with Crippen molar-refractivity contribution < 1.29 is 4.84 Å². The van der Waals surface area contributed by atoms with E-state index in [1.807, 2.05) is 24.3 Å². The van der Waals surface area contributed by atoms with Crippen molar-refractivity contribution in [2.24, 2.45) is 11.8 Å². The average Bonchev–Trinajstić information content (AvgIpc) is 2.16. The summed E-state index contributed by atoms with van der Waals surface area (Å²) in [6.07, 6.45) is 0.221. The number of hydrogen-bond donors (Lipinski definition) is 1. The van der Waals surface area contributed by atoms with Crippen LogP contribution in [0.4, 0.5) is 5.69 Å². The molecule has 0 spiro atoms. The van der Waals surface area contributed by atoms with Crippen LogP contribution in [-0.4, -0.2) is 6.10 Å². The van der Waals surface area contributed by atoms with Crippen molar-refractivity contribution >= 4 is 21.6 Å². The van der Waals surface area contributed by atoms with Crippen LogP contribution in [-0.2, 0) is 4.84 Å². The second-order valence-electron chi connectivity index (χ2n) is 4.68. The number of halogens is 1. The highest BCUT2D eigenvalue weighted by Gasteiger charge is 2.18. The van der Waals surface area contributed by atoms with Gasteiger partial charge in [-0.25, -0.2) is 0 Å². The van der Waals surface area contributed by atoms with Gasteiger partial charge in [0.2, 0.25) is 0 Å². The molecule has 16 heavy (non-hydrogen) atoms. The normalized spacial score (nSPS) is 11.5. The van der Waals surface area contributed by atoms with Crippen LogP contribution in [0.5, 0.6) is 0 Å². The summed E-state index contributed by atoms with van der Waals surface area (Å²) < 4.78 is 1.05. The standard InChI is InChI=1S/C13H20BrNO/c1-9(2)13(10(3)4)16-15-12-7-5-6-11(14)8-12/h5-10,13,15H,1-4H3. The first kappa shape index (κ1) is 13.5. The molecule has 0 atom stereocenters. The highest BCUT2D eigenvalue weighted by Crippen LogP contribution is 2.19. The maximum absolute atomic E-state index is 5.74. The van der Waals surface area contributed by atoms with E-state index >= 15 is 0 Å². The Kier molecular flexibility index (Phi) is 5.29. The Morgan fingerprint density at radius 2 is 1.75 bits per heavy atom. The van der Waals surface area contributed by atoms with E-state index in [0.29, 0.717) is 11.8 Å². The summed E-state index contributed by atoms with van der Waals surface area (Å²) in [5, 5.41) is 0. The molecule has 1 aromatic rings. The van der Waals surface area contributed by atoms with Crippen molar-refractivity contribution in [1.29, 1.82) is 0 Å². The highest BCUT2D eigenvalue weighted by molar-refractivity contribution is 9.10. The zero-order valence-electron chi connectivity index (χ0n) is 10.3. The van der Waals surface area contributed by atoms with Gasteiger partial charge in [-0.15, -0.1) is 0 Å². The van der Waals surface area contributed by atoms with E-state index in [4.69, 9.17) is 4.84 Å². The van der Waals surface area contributed by atoms with Gasteiger partial charge in [0.05, 0.1) is 11.8 Å². The van der Waals surface area contributed by atoms with Crippen LogP contribution >= 0.6 is 15.9 Å². The third-order valence-corrected chi connectivity index (χ3v) is 2.94. The monoisotopic (exact) mass is 285 g/mol. The van der Waals surface area contributed by atoms with Gasteiger partial charge < -0.3 is 0 Å². The van der Waals surface area contributed by atoms with Gasteiger partial charge >= 0.3 is 0 Å². The van der Waals surface area contributed by atoms with E-state index in [1.165, 1.54) is 0 Å². The Morgan fingerprint density at radius 3 is 2.25 bits per heavy atom. The Bertz CT molecular complexity index is 317. The molecule has 0 unspecified atom stereocenters. The van der Waals surface area contributed by atoms with Gasteiger partial charge in [0.25, 0.3) is 0 Å². The van der Waals surface area contributed by atoms with Crippen LogP contribution in [0.25, 0.3) is 0 Å². The number of nitrogens with one attached hydrogen (secondary N) is 1. The van der Waals surface area contributed by atoms with Gasteiger partial charge in [-0.05, 0) is 30.0 Å². The lowest BCUT2D eigenvalue weighted by molar-refractivity contribution is 0.0273. The summed E-state index contributed by atoms with van der Waals surface area (Å²) in [4.78, 5) is 5.74. The first-order valence-electron chi connectivity index (χ1n) is 5.68. The van der Waals surface area contributed by atoms with Crippen molar-refractivity contribution in [3.05, 3.63) is 28.7 Å². The van der Waals surface area contributed by atoms with Crippen LogP contribution in [0.2, 0.25) is 0 Å². The molecular formula is C13H20BrNO. The minimum absolute atomic E-state index is 0.221. The van der Waals surface area contributed by atoms with Gasteiger partial charge in [-0.1, -0.05) is 49.7 Å². The zero-order chi connectivity index (χ0) is 12.1. The van der Waals surface area contributed by atoms with Crippen LogP contribution in [0.3, 0.4) is 0 Å². The number of rotatable bonds is 5. The predicted molar refractivity (Wildman–Crippen MR) is 72.3 cm³/mol. The lowest BCUT2D eigenvalue weighted by Crippen LogP contribution is -2.28. The molecule has 0 heterocycles. The summed E-state index contributed by atoms with van der Waals surface area (Å²) in [7, 11) is 0. The molecule has 90 valence electrons. The van der Waals surface area contributed by atoms with Crippen molar-refractivity contribution in [3.63, 3.8) is 0 Å². The first-order valence-corrected chi connectivity index (χ1v) is 6.47. The van der Waals surface area contributed by atoms with Crippen LogP contribution in [0.1, 0.15) is 27.7 Å². The first-order chi connectivity index (χ1) is 7.50. The molecule has 0 aromatic heterocycles. The number of anilines is 1. The fraction of sp³-hybridized carbons (Fsp3) is 0.538.